The van der Waals surface area contributed by atoms with Crippen LogP contribution < -0.4 is 0 Å². The predicted molar refractivity (Wildman–Crippen MR) is 57.9 cm³/mol. The molecule has 4 nitrogen and oxygen atoms in total. The molecule has 0 aromatic rings. The Morgan fingerprint density at radius 2 is 2.33 bits per heavy atom. The van der Waals surface area contributed by atoms with Crippen LogP contribution in [0.25, 0.3) is 0 Å². The second-order valence-corrected chi connectivity index (χ2v) is 4.30. The van der Waals surface area contributed by atoms with Gasteiger partial charge in [-0.3, -0.25) is 9.69 Å². The van der Waals surface area contributed by atoms with Gasteiger partial charge in [-0.25, -0.2) is 0 Å². The van der Waals surface area contributed by atoms with E-state index in [4.69, 9.17) is 9.47 Å². The number of carbonyl (C=O) groups excluding carboxylic acids is 1. The maximum Gasteiger partial charge on any atom is 0.155 e. The normalized spacial score (nSPS) is 23.3. The molecule has 0 aliphatic carbocycles. The van der Waals surface area contributed by atoms with Crippen LogP contribution >= 0.6 is 0 Å². The molecule has 0 saturated carbocycles. The number of ketones is 1. The largest absolute Gasteiger partial charge is 0.373 e. The highest BCUT2D eigenvalue weighted by Crippen LogP contribution is 2.08. The van der Waals surface area contributed by atoms with E-state index in [1.165, 1.54) is 6.92 Å². The van der Waals surface area contributed by atoms with Gasteiger partial charge in [0.25, 0.3) is 0 Å². The molecule has 88 valence electrons. The smallest absolute Gasteiger partial charge is 0.155 e. The van der Waals surface area contributed by atoms with Crippen LogP contribution in [0, 0.1) is 0 Å². The molecule has 0 aromatic heterocycles. The summed E-state index contributed by atoms with van der Waals surface area (Å²) in [5, 5.41) is 0. The summed E-state index contributed by atoms with van der Waals surface area (Å²) >= 11 is 0. The molecule has 4 heteroatoms. The lowest BCUT2D eigenvalue weighted by atomic mass is 10.2. The summed E-state index contributed by atoms with van der Waals surface area (Å²) in [5.74, 6) is 0.0616. The molecule has 0 unspecified atom stereocenters. The maximum absolute atomic E-state index is 10.7. The van der Waals surface area contributed by atoms with E-state index in [9.17, 15) is 4.79 Å². The van der Waals surface area contributed by atoms with Crippen LogP contribution in [-0.4, -0.2) is 55.7 Å². The molecule has 0 radical (unpaired) electrons. The standard InChI is InChI=1S/C11H21NO3/c1-9(2)12-4-5-15-11(6-12)8-14-7-10(3)13/h9,11H,4-8H2,1-3H3/t11-/m0/s1. The van der Waals surface area contributed by atoms with Crippen LogP contribution in [0.3, 0.4) is 0 Å². The molecule has 1 rings (SSSR count). The summed E-state index contributed by atoms with van der Waals surface area (Å²) in [5.41, 5.74) is 0. The van der Waals surface area contributed by atoms with Crippen molar-refractivity contribution >= 4 is 5.78 Å². The Balaban J connectivity index is 2.21. The van der Waals surface area contributed by atoms with E-state index in [0.29, 0.717) is 12.6 Å². The van der Waals surface area contributed by atoms with Crippen LogP contribution in [0.5, 0.6) is 0 Å². The Bertz CT molecular complexity index is 206. The van der Waals surface area contributed by atoms with Crippen molar-refractivity contribution in [3.8, 4) is 0 Å². The van der Waals surface area contributed by atoms with Crippen molar-refractivity contribution < 1.29 is 14.3 Å². The predicted octanol–water partition coefficient (Wildman–Crippen LogP) is 0.701. The Morgan fingerprint density at radius 3 is 2.93 bits per heavy atom. The number of morpholine rings is 1. The van der Waals surface area contributed by atoms with E-state index in [-0.39, 0.29) is 18.5 Å². The second kappa shape index (κ2) is 6.20. The van der Waals surface area contributed by atoms with Gasteiger partial charge in [0.15, 0.2) is 5.78 Å². The van der Waals surface area contributed by atoms with Crippen LogP contribution in [-0.2, 0) is 14.3 Å². The number of ether oxygens (including phenoxy) is 2. The van der Waals surface area contributed by atoms with Gasteiger partial charge in [0.05, 0.1) is 19.3 Å². The van der Waals surface area contributed by atoms with Gasteiger partial charge in [-0.2, -0.15) is 0 Å². The van der Waals surface area contributed by atoms with Gasteiger partial charge in [0.2, 0.25) is 0 Å². The Kier molecular flexibility index (Phi) is 5.22. The molecule has 0 N–H and O–H groups in total. The van der Waals surface area contributed by atoms with Gasteiger partial charge in [0.1, 0.15) is 6.61 Å². The number of carbonyl (C=O) groups is 1. The molecule has 1 saturated heterocycles. The fourth-order valence-electron chi connectivity index (χ4n) is 1.65. The Labute approximate surface area is 91.5 Å². The Morgan fingerprint density at radius 1 is 1.60 bits per heavy atom. The molecule has 1 atom stereocenters. The summed E-state index contributed by atoms with van der Waals surface area (Å²) in [6.45, 7) is 9.24. The third-order valence-corrected chi connectivity index (χ3v) is 2.51. The van der Waals surface area contributed by atoms with Crippen LogP contribution in [0.1, 0.15) is 20.8 Å². The first-order chi connectivity index (χ1) is 7.09. The van der Waals surface area contributed by atoms with Crippen molar-refractivity contribution in [2.24, 2.45) is 0 Å². The average Bonchev–Trinajstić information content (AvgIpc) is 2.17. The highest BCUT2D eigenvalue weighted by atomic mass is 16.5. The monoisotopic (exact) mass is 215 g/mol. The second-order valence-electron chi connectivity index (χ2n) is 4.30. The Hall–Kier alpha value is -0.450. The minimum absolute atomic E-state index is 0.0616. The first-order valence-corrected chi connectivity index (χ1v) is 5.52. The zero-order valence-corrected chi connectivity index (χ0v) is 9.86. The van der Waals surface area contributed by atoms with E-state index in [1.54, 1.807) is 0 Å². The number of hydrogen-bond donors (Lipinski definition) is 0. The lowest BCUT2D eigenvalue weighted by Crippen LogP contribution is -2.47. The molecule has 0 spiro atoms. The fourth-order valence-corrected chi connectivity index (χ4v) is 1.65. The summed E-state index contributed by atoms with van der Waals surface area (Å²) in [7, 11) is 0. The van der Waals surface area contributed by atoms with Crippen LogP contribution in [0.2, 0.25) is 0 Å². The van der Waals surface area contributed by atoms with E-state index < -0.39 is 0 Å². The minimum atomic E-state index is 0.0616. The van der Waals surface area contributed by atoms with Crippen molar-refractivity contribution in [3.63, 3.8) is 0 Å². The van der Waals surface area contributed by atoms with Crippen LogP contribution in [0.4, 0.5) is 0 Å². The van der Waals surface area contributed by atoms with Gasteiger partial charge in [0, 0.05) is 19.1 Å². The van der Waals surface area contributed by atoms with Crippen molar-refractivity contribution in [1.29, 1.82) is 0 Å². The van der Waals surface area contributed by atoms with Crippen LogP contribution in [0.15, 0.2) is 0 Å². The summed E-state index contributed by atoms with van der Waals surface area (Å²) in [4.78, 5) is 13.0. The zero-order chi connectivity index (χ0) is 11.3. The molecule has 1 heterocycles. The first kappa shape index (κ1) is 12.6. The van der Waals surface area contributed by atoms with Gasteiger partial charge in [-0.05, 0) is 20.8 Å². The molecule has 1 fully saturated rings. The minimum Gasteiger partial charge on any atom is -0.373 e. The molecular weight excluding hydrogens is 194 g/mol. The molecule has 1 aliphatic heterocycles. The number of hydrogen-bond acceptors (Lipinski definition) is 4. The van der Waals surface area contributed by atoms with Crippen molar-refractivity contribution in [2.45, 2.75) is 32.9 Å². The van der Waals surface area contributed by atoms with Gasteiger partial charge in [-0.1, -0.05) is 0 Å². The quantitative estimate of drug-likeness (QED) is 0.677. The fraction of sp³-hybridized carbons (Fsp3) is 0.909. The van der Waals surface area contributed by atoms with Crippen molar-refractivity contribution in [2.75, 3.05) is 32.9 Å². The zero-order valence-electron chi connectivity index (χ0n) is 9.86. The highest BCUT2D eigenvalue weighted by Gasteiger charge is 2.22. The topological polar surface area (TPSA) is 38.8 Å². The molecule has 0 aromatic carbocycles. The van der Waals surface area contributed by atoms with E-state index in [0.717, 1.165) is 19.7 Å². The lowest BCUT2D eigenvalue weighted by molar-refractivity contribution is -0.125. The van der Waals surface area contributed by atoms with Crippen molar-refractivity contribution in [3.05, 3.63) is 0 Å². The summed E-state index contributed by atoms with van der Waals surface area (Å²) in [6, 6.07) is 0.546. The van der Waals surface area contributed by atoms with Gasteiger partial charge in [-0.15, -0.1) is 0 Å². The van der Waals surface area contributed by atoms with Crippen molar-refractivity contribution in [1.82, 2.24) is 4.90 Å². The average molecular weight is 215 g/mol. The molecule has 1 aliphatic rings. The number of nitrogens with zero attached hydrogens (tertiary/aromatic N) is 1. The number of rotatable bonds is 5. The lowest BCUT2D eigenvalue weighted by Gasteiger charge is -2.35. The SMILES string of the molecule is CC(=O)COC[C@@H]1CN(C(C)C)CCO1. The number of Topliss-reactive ketones (excluding diaryl/α,β-unsaturated/α-hetero) is 1. The summed E-state index contributed by atoms with van der Waals surface area (Å²) < 4.78 is 10.8. The van der Waals surface area contributed by atoms with E-state index >= 15 is 0 Å². The maximum atomic E-state index is 10.7. The first-order valence-electron chi connectivity index (χ1n) is 5.52. The molecular formula is C11H21NO3. The van der Waals surface area contributed by atoms with E-state index in [1.807, 2.05) is 0 Å². The molecule has 0 bridgehead atoms. The molecule has 15 heavy (non-hydrogen) atoms. The molecule has 0 amide bonds. The van der Waals surface area contributed by atoms with E-state index in [2.05, 4.69) is 18.7 Å². The van der Waals surface area contributed by atoms with Gasteiger partial charge >= 0.3 is 0 Å². The summed E-state index contributed by atoms with van der Waals surface area (Å²) in [6.07, 6.45) is 0.112. The van der Waals surface area contributed by atoms with Gasteiger partial charge < -0.3 is 9.47 Å². The third kappa shape index (κ3) is 4.73. The highest BCUT2D eigenvalue weighted by molar-refractivity contribution is 5.76. The third-order valence-electron chi connectivity index (χ3n) is 2.51.